The van der Waals surface area contributed by atoms with Gasteiger partial charge in [-0.15, -0.1) is 0 Å². The fourth-order valence-electron chi connectivity index (χ4n) is 3.94. The molecule has 0 amide bonds. The molecule has 2 atom stereocenters. The first-order valence-electron chi connectivity index (χ1n) is 9.76. The third-order valence-corrected chi connectivity index (χ3v) is 5.24. The van der Waals surface area contributed by atoms with Crippen molar-refractivity contribution in [3.8, 4) is 11.3 Å². The Hall–Kier alpha value is -2.67. The lowest BCUT2D eigenvalue weighted by atomic mass is 9.92. The van der Waals surface area contributed by atoms with Crippen molar-refractivity contribution in [2.75, 3.05) is 26.3 Å². The van der Waals surface area contributed by atoms with Crippen molar-refractivity contribution >= 4 is 0 Å². The summed E-state index contributed by atoms with van der Waals surface area (Å²) < 4.78 is 19.5. The second kappa shape index (κ2) is 8.78. The van der Waals surface area contributed by atoms with Crippen LogP contribution in [0.1, 0.15) is 28.8 Å². The molecule has 0 aliphatic carbocycles. The highest BCUT2D eigenvalue weighted by Gasteiger charge is 2.32. The number of rotatable bonds is 5. The van der Waals surface area contributed by atoms with Gasteiger partial charge in [-0.2, -0.15) is 0 Å². The number of morpholine rings is 1. The molecule has 1 aliphatic rings. The van der Waals surface area contributed by atoms with E-state index in [1.165, 1.54) is 12.1 Å². The molecule has 0 spiro atoms. The van der Waals surface area contributed by atoms with Gasteiger partial charge in [-0.1, -0.05) is 12.1 Å². The number of aryl methyl sites for hydroxylation is 1. The molecule has 29 heavy (non-hydrogen) atoms. The summed E-state index contributed by atoms with van der Waals surface area (Å²) in [5.74, 6) is -0.317. The molecule has 1 saturated heterocycles. The maximum atomic E-state index is 14.0. The fraction of sp³-hybridized carbons (Fsp3) is 0.304. The van der Waals surface area contributed by atoms with Gasteiger partial charge in [0, 0.05) is 42.8 Å². The number of aromatic nitrogens is 2. The van der Waals surface area contributed by atoms with E-state index in [0.717, 1.165) is 11.1 Å². The van der Waals surface area contributed by atoms with Crippen LogP contribution >= 0.6 is 0 Å². The molecule has 150 valence electrons. The first-order chi connectivity index (χ1) is 14.1. The molecule has 3 aromatic rings. The first kappa shape index (κ1) is 19.6. The maximum absolute atomic E-state index is 14.0. The third-order valence-electron chi connectivity index (χ3n) is 5.24. The van der Waals surface area contributed by atoms with Crippen LogP contribution in [0, 0.1) is 12.7 Å². The van der Waals surface area contributed by atoms with Crippen molar-refractivity contribution in [1.29, 1.82) is 0 Å². The molecule has 1 aromatic carbocycles. The van der Waals surface area contributed by atoms with E-state index in [0.29, 0.717) is 43.1 Å². The molecule has 1 fully saturated rings. The summed E-state index contributed by atoms with van der Waals surface area (Å²) >= 11 is 0. The van der Waals surface area contributed by atoms with Crippen molar-refractivity contribution in [2.45, 2.75) is 19.1 Å². The Bertz CT molecular complexity index is 941. The molecule has 1 aliphatic heterocycles. The van der Waals surface area contributed by atoms with Crippen molar-refractivity contribution in [1.82, 2.24) is 14.9 Å². The minimum atomic E-state index is -0.857. The first-order valence-corrected chi connectivity index (χ1v) is 9.76. The minimum absolute atomic E-state index is 0.301. The van der Waals surface area contributed by atoms with Gasteiger partial charge in [-0.25, -0.2) is 4.39 Å². The molecule has 5 nitrogen and oxygen atoms in total. The van der Waals surface area contributed by atoms with Crippen LogP contribution in [0.3, 0.4) is 0 Å². The van der Waals surface area contributed by atoms with Crippen molar-refractivity contribution in [3.05, 3.63) is 83.6 Å². The van der Waals surface area contributed by atoms with Gasteiger partial charge in [0.2, 0.25) is 0 Å². The standard InChI is InChI=1S/C23H24FN3O2/c1-16-12-18(14-19(24)13-16)21-20(5-3-7-26-21)23(28)22(17-4-2-6-25-15-17)27-8-10-29-11-9-27/h2-7,12-15,22-23,28H,8-11H2,1H3/t22-,23+/m0/s1. The summed E-state index contributed by atoms with van der Waals surface area (Å²) in [5, 5.41) is 11.5. The van der Waals surface area contributed by atoms with E-state index in [1.807, 2.05) is 31.2 Å². The molecular formula is C23H24FN3O2. The number of aliphatic hydroxyl groups excluding tert-OH is 1. The van der Waals surface area contributed by atoms with Crippen LogP contribution in [0.15, 0.2) is 61.1 Å². The molecule has 6 heteroatoms. The number of aliphatic hydroxyl groups is 1. The van der Waals surface area contributed by atoms with Gasteiger partial charge >= 0.3 is 0 Å². The van der Waals surface area contributed by atoms with Crippen LogP contribution in [0.2, 0.25) is 0 Å². The van der Waals surface area contributed by atoms with Gasteiger partial charge in [0.15, 0.2) is 0 Å². The van der Waals surface area contributed by atoms with E-state index >= 15 is 0 Å². The fourth-order valence-corrected chi connectivity index (χ4v) is 3.94. The topological polar surface area (TPSA) is 58.5 Å². The van der Waals surface area contributed by atoms with Crippen LogP contribution in [-0.2, 0) is 4.74 Å². The smallest absolute Gasteiger partial charge is 0.124 e. The summed E-state index contributed by atoms with van der Waals surface area (Å²) in [7, 11) is 0. The highest BCUT2D eigenvalue weighted by atomic mass is 19.1. The predicted molar refractivity (Wildman–Crippen MR) is 109 cm³/mol. The largest absolute Gasteiger partial charge is 0.386 e. The number of benzene rings is 1. The Balaban J connectivity index is 1.78. The van der Waals surface area contributed by atoms with Crippen molar-refractivity contribution in [2.24, 2.45) is 0 Å². The molecule has 1 N–H and O–H groups in total. The average molecular weight is 393 g/mol. The Morgan fingerprint density at radius 2 is 1.90 bits per heavy atom. The van der Waals surface area contributed by atoms with E-state index in [-0.39, 0.29) is 11.9 Å². The molecule has 3 heterocycles. The monoisotopic (exact) mass is 393 g/mol. The third kappa shape index (κ3) is 4.34. The number of hydrogen-bond donors (Lipinski definition) is 1. The van der Waals surface area contributed by atoms with Gasteiger partial charge in [0.05, 0.1) is 24.9 Å². The quantitative estimate of drug-likeness (QED) is 0.716. The van der Waals surface area contributed by atoms with Gasteiger partial charge in [-0.3, -0.25) is 14.9 Å². The maximum Gasteiger partial charge on any atom is 0.124 e. The molecule has 0 unspecified atom stereocenters. The summed E-state index contributed by atoms with van der Waals surface area (Å²) in [6.07, 6.45) is 4.31. The second-order valence-corrected chi connectivity index (χ2v) is 7.28. The summed E-state index contributed by atoms with van der Waals surface area (Å²) in [5.41, 5.74) is 3.64. The molecule has 4 rings (SSSR count). The SMILES string of the molecule is Cc1cc(F)cc(-c2ncccc2[C@@H](O)[C@H](c2cccnc2)N2CCOCC2)c1. The molecular weight excluding hydrogens is 369 g/mol. The zero-order chi connectivity index (χ0) is 20.2. The van der Waals surface area contributed by atoms with E-state index in [9.17, 15) is 9.50 Å². The van der Waals surface area contributed by atoms with Crippen LogP contribution in [0.4, 0.5) is 4.39 Å². The van der Waals surface area contributed by atoms with Crippen LogP contribution < -0.4 is 0 Å². The zero-order valence-electron chi connectivity index (χ0n) is 16.3. The number of ether oxygens (including phenoxy) is 1. The van der Waals surface area contributed by atoms with Crippen LogP contribution in [0.25, 0.3) is 11.3 Å². The van der Waals surface area contributed by atoms with Crippen molar-refractivity contribution in [3.63, 3.8) is 0 Å². The number of hydrogen-bond acceptors (Lipinski definition) is 5. The number of pyridine rings is 2. The van der Waals surface area contributed by atoms with Crippen molar-refractivity contribution < 1.29 is 14.2 Å². The van der Waals surface area contributed by atoms with Gasteiger partial charge in [-0.05, 0) is 48.4 Å². The second-order valence-electron chi connectivity index (χ2n) is 7.28. The van der Waals surface area contributed by atoms with Crippen LogP contribution in [-0.4, -0.2) is 46.3 Å². The van der Waals surface area contributed by atoms with Crippen LogP contribution in [0.5, 0.6) is 0 Å². The lowest BCUT2D eigenvalue weighted by molar-refractivity contribution is -0.0238. The average Bonchev–Trinajstić information content (AvgIpc) is 2.75. The lowest BCUT2D eigenvalue weighted by Gasteiger charge is -2.37. The Morgan fingerprint density at radius 1 is 1.10 bits per heavy atom. The Kier molecular flexibility index (Phi) is 5.94. The summed E-state index contributed by atoms with van der Waals surface area (Å²) in [6, 6.07) is 12.0. The summed E-state index contributed by atoms with van der Waals surface area (Å²) in [6.45, 7) is 4.51. The molecule has 0 bridgehead atoms. The summed E-state index contributed by atoms with van der Waals surface area (Å²) in [4.78, 5) is 10.9. The number of nitrogens with zero attached hydrogens (tertiary/aromatic N) is 3. The Morgan fingerprint density at radius 3 is 2.62 bits per heavy atom. The van der Waals surface area contributed by atoms with Gasteiger partial charge < -0.3 is 9.84 Å². The van der Waals surface area contributed by atoms with Gasteiger partial charge in [0.25, 0.3) is 0 Å². The van der Waals surface area contributed by atoms with E-state index in [1.54, 1.807) is 24.7 Å². The Labute approximate surface area is 169 Å². The molecule has 2 aromatic heterocycles. The zero-order valence-corrected chi connectivity index (χ0v) is 16.3. The molecule has 0 radical (unpaired) electrons. The highest BCUT2D eigenvalue weighted by molar-refractivity contribution is 5.64. The number of halogens is 1. The minimum Gasteiger partial charge on any atom is -0.386 e. The predicted octanol–water partition coefficient (Wildman–Crippen LogP) is 3.70. The van der Waals surface area contributed by atoms with E-state index in [4.69, 9.17) is 4.74 Å². The van der Waals surface area contributed by atoms with E-state index in [2.05, 4.69) is 14.9 Å². The normalized spacial score (nSPS) is 17.1. The van der Waals surface area contributed by atoms with Gasteiger partial charge in [0.1, 0.15) is 11.9 Å². The van der Waals surface area contributed by atoms with E-state index < -0.39 is 6.10 Å². The molecule has 0 saturated carbocycles. The highest BCUT2D eigenvalue weighted by Crippen LogP contribution is 2.38. The lowest BCUT2D eigenvalue weighted by Crippen LogP contribution is -2.41.